The monoisotopic (exact) mass is 259 g/mol. The second kappa shape index (κ2) is 5.83. The summed E-state index contributed by atoms with van der Waals surface area (Å²) in [5.41, 5.74) is 8.68. The standard InChI is InChI=1S/C16H25N3/c17-13-7-9-14(10-8-13)18-15-5-1-2-6-16(15)19-11-3-4-12-19/h1-2,5-6,13-14,18H,3-4,7-12,17H2. The highest BCUT2D eigenvalue weighted by atomic mass is 15.2. The number of anilines is 2. The third kappa shape index (κ3) is 3.03. The highest BCUT2D eigenvalue weighted by molar-refractivity contribution is 5.70. The summed E-state index contributed by atoms with van der Waals surface area (Å²) in [6.07, 6.45) is 7.37. The van der Waals surface area contributed by atoms with Gasteiger partial charge in [-0.1, -0.05) is 12.1 Å². The lowest BCUT2D eigenvalue weighted by Gasteiger charge is -2.30. The van der Waals surface area contributed by atoms with Gasteiger partial charge in [0.1, 0.15) is 0 Å². The Balaban J connectivity index is 1.69. The highest BCUT2D eigenvalue weighted by Gasteiger charge is 2.20. The molecule has 2 fully saturated rings. The van der Waals surface area contributed by atoms with Crippen LogP contribution in [0.5, 0.6) is 0 Å². The first kappa shape index (κ1) is 12.8. The van der Waals surface area contributed by atoms with E-state index < -0.39 is 0 Å². The Bertz CT molecular complexity index is 404. The summed E-state index contributed by atoms with van der Waals surface area (Å²) in [6.45, 7) is 2.41. The Labute approximate surface area is 116 Å². The van der Waals surface area contributed by atoms with Crippen LogP contribution in [0.4, 0.5) is 11.4 Å². The van der Waals surface area contributed by atoms with Crippen molar-refractivity contribution in [1.82, 2.24) is 0 Å². The predicted molar refractivity (Wildman–Crippen MR) is 81.7 cm³/mol. The average molecular weight is 259 g/mol. The summed E-state index contributed by atoms with van der Waals surface area (Å²) in [6, 6.07) is 9.78. The minimum atomic E-state index is 0.423. The highest BCUT2D eigenvalue weighted by Crippen LogP contribution is 2.31. The zero-order valence-corrected chi connectivity index (χ0v) is 11.6. The summed E-state index contributed by atoms with van der Waals surface area (Å²) >= 11 is 0. The molecule has 1 aromatic carbocycles. The molecule has 3 nitrogen and oxygen atoms in total. The summed E-state index contributed by atoms with van der Waals surface area (Å²) in [5.74, 6) is 0. The average Bonchev–Trinajstić information content (AvgIpc) is 2.96. The molecule has 19 heavy (non-hydrogen) atoms. The quantitative estimate of drug-likeness (QED) is 0.877. The Hall–Kier alpha value is -1.22. The first-order valence-corrected chi connectivity index (χ1v) is 7.69. The molecule has 3 rings (SSSR count). The van der Waals surface area contributed by atoms with Crippen LogP contribution in [0.2, 0.25) is 0 Å². The third-order valence-electron chi connectivity index (χ3n) is 4.48. The van der Waals surface area contributed by atoms with Crippen molar-refractivity contribution in [2.24, 2.45) is 5.73 Å². The first-order chi connectivity index (χ1) is 9.33. The topological polar surface area (TPSA) is 41.3 Å². The number of nitrogens with zero attached hydrogens (tertiary/aromatic N) is 1. The number of hydrogen-bond acceptors (Lipinski definition) is 3. The fourth-order valence-corrected chi connectivity index (χ4v) is 3.31. The van der Waals surface area contributed by atoms with Crippen molar-refractivity contribution >= 4 is 11.4 Å². The van der Waals surface area contributed by atoms with E-state index >= 15 is 0 Å². The maximum absolute atomic E-state index is 5.98. The molecule has 1 heterocycles. The molecular weight excluding hydrogens is 234 g/mol. The van der Waals surface area contributed by atoms with Gasteiger partial charge in [-0.3, -0.25) is 0 Å². The molecule has 2 aliphatic rings. The molecule has 3 N–H and O–H groups in total. The Morgan fingerprint density at radius 3 is 2.42 bits per heavy atom. The molecule has 3 heteroatoms. The number of para-hydroxylation sites is 2. The van der Waals surface area contributed by atoms with Crippen molar-refractivity contribution in [2.45, 2.75) is 50.6 Å². The maximum Gasteiger partial charge on any atom is 0.0602 e. The second-order valence-corrected chi connectivity index (χ2v) is 5.97. The molecule has 0 unspecified atom stereocenters. The van der Waals surface area contributed by atoms with Crippen molar-refractivity contribution in [3.63, 3.8) is 0 Å². The smallest absolute Gasteiger partial charge is 0.0602 e. The van der Waals surface area contributed by atoms with E-state index in [1.54, 1.807) is 0 Å². The van der Waals surface area contributed by atoms with Crippen molar-refractivity contribution in [2.75, 3.05) is 23.3 Å². The minimum absolute atomic E-state index is 0.423. The fourth-order valence-electron chi connectivity index (χ4n) is 3.31. The SMILES string of the molecule is NC1CCC(Nc2ccccc2N2CCCC2)CC1. The Morgan fingerprint density at radius 2 is 1.68 bits per heavy atom. The number of benzene rings is 1. The fraction of sp³-hybridized carbons (Fsp3) is 0.625. The van der Waals surface area contributed by atoms with Gasteiger partial charge in [0, 0.05) is 25.2 Å². The van der Waals surface area contributed by atoms with E-state index in [-0.39, 0.29) is 0 Å². The van der Waals surface area contributed by atoms with E-state index in [1.807, 2.05) is 0 Å². The zero-order valence-electron chi connectivity index (χ0n) is 11.6. The molecule has 1 aliphatic heterocycles. The van der Waals surface area contributed by atoms with Crippen LogP contribution < -0.4 is 16.0 Å². The Morgan fingerprint density at radius 1 is 1.00 bits per heavy atom. The van der Waals surface area contributed by atoms with Crippen molar-refractivity contribution in [1.29, 1.82) is 0 Å². The molecule has 104 valence electrons. The Kier molecular flexibility index (Phi) is 3.92. The van der Waals surface area contributed by atoms with Crippen molar-refractivity contribution < 1.29 is 0 Å². The van der Waals surface area contributed by atoms with Gasteiger partial charge in [-0.05, 0) is 50.7 Å². The van der Waals surface area contributed by atoms with Gasteiger partial charge in [0.05, 0.1) is 11.4 Å². The van der Waals surface area contributed by atoms with Gasteiger partial charge in [0.2, 0.25) is 0 Å². The molecule has 1 saturated carbocycles. The largest absolute Gasteiger partial charge is 0.381 e. The normalized spacial score (nSPS) is 27.5. The van der Waals surface area contributed by atoms with Gasteiger partial charge in [-0.25, -0.2) is 0 Å². The van der Waals surface area contributed by atoms with Gasteiger partial charge in [0.15, 0.2) is 0 Å². The van der Waals surface area contributed by atoms with E-state index in [1.165, 1.54) is 50.1 Å². The number of nitrogens with one attached hydrogen (secondary N) is 1. The van der Waals surface area contributed by atoms with E-state index in [9.17, 15) is 0 Å². The number of nitrogens with two attached hydrogens (primary N) is 1. The second-order valence-electron chi connectivity index (χ2n) is 5.97. The zero-order chi connectivity index (χ0) is 13.1. The number of rotatable bonds is 3. The van der Waals surface area contributed by atoms with Crippen molar-refractivity contribution in [3.05, 3.63) is 24.3 Å². The van der Waals surface area contributed by atoms with Gasteiger partial charge < -0.3 is 16.0 Å². The van der Waals surface area contributed by atoms with Gasteiger partial charge in [-0.2, -0.15) is 0 Å². The van der Waals surface area contributed by atoms with Crippen LogP contribution in [0.25, 0.3) is 0 Å². The molecule has 0 amide bonds. The molecule has 0 spiro atoms. The number of hydrogen-bond donors (Lipinski definition) is 2. The minimum Gasteiger partial charge on any atom is -0.381 e. The van der Waals surface area contributed by atoms with Crippen LogP contribution >= 0.6 is 0 Å². The van der Waals surface area contributed by atoms with E-state index in [4.69, 9.17) is 5.73 Å². The van der Waals surface area contributed by atoms with E-state index in [0.717, 1.165) is 12.8 Å². The molecule has 0 radical (unpaired) electrons. The van der Waals surface area contributed by atoms with E-state index in [2.05, 4.69) is 34.5 Å². The third-order valence-corrected chi connectivity index (χ3v) is 4.48. The molecule has 0 bridgehead atoms. The molecule has 1 saturated heterocycles. The van der Waals surface area contributed by atoms with Gasteiger partial charge >= 0.3 is 0 Å². The lowest BCUT2D eigenvalue weighted by atomic mass is 9.91. The predicted octanol–water partition coefficient (Wildman–Crippen LogP) is 2.97. The van der Waals surface area contributed by atoms with Crippen LogP contribution in [-0.2, 0) is 0 Å². The lowest BCUT2D eigenvalue weighted by molar-refractivity contribution is 0.411. The molecular formula is C16H25N3. The maximum atomic E-state index is 5.98. The lowest BCUT2D eigenvalue weighted by Crippen LogP contribution is -2.33. The summed E-state index contributed by atoms with van der Waals surface area (Å²) in [4.78, 5) is 2.51. The molecule has 1 aromatic rings. The molecule has 0 atom stereocenters. The molecule has 0 aromatic heterocycles. The summed E-state index contributed by atoms with van der Waals surface area (Å²) < 4.78 is 0. The summed E-state index contributed by atoms with van der Waals surface area (Å²) in [5, 5.41) is 3.75. The first-order valence-electron chi connectivity index (χ1n) is 7.69. The summed E-state index contributed by atoms with van der Waals surface area (Å²) in [7, 11) is 0. The molecule has 1 aliphatic carbocycles. The van der Waals surface area contributed by atoms with E-state index in [0.29, 0.717) is 12.1 Å². The van der Waals surface area contributed by atoms with Gasteiger partial charge in [-0.15, -0.1) is 0 Å². The van der Waals surface area contributed by atoms with Crippen LogP contribution in [0.15, 0.2) is 24.3 Å². The van der Waals surface area contributed by atoms with Crippen molar-refractivity contribution in [3.8, 4) is 0 Å². The van der Waals surface area contributed by atoms with Crippen LogP contribution in [0.1, 0.15) is 38.5 Å². The van der Waals surface area contributed by atoms with Crippen LogP contribution in [-0.4, -0.2) is 25.2 Å². The van der Waals surface area contributed by atoms with Crippen LogP contribution in [0, 0.1) is 0 Å². The van der Waals surface area contributed by atoms with Gasteiger partial charge in [0.25, 0.3) is 0 Å². The van der Waals surface area contributed by atoms with Crippen LogP contribution in [0.3, 0.4) is 0 Å².